The van der Waals surface area contributed by atoms with Gasteiger partial charge in [-0.15, -0.1) is 0 Å². The number of rotatable bonds is 6. The summed E-state index contributed by atoms with van der Waals surface area (Å²) in [7, 11) is 6.34. The molecule has 0 aliphatic carbocycles. The van der Waals surface area contributed by atoms with Crippen LogP contribution in [0, 0.1) is 0 Å². The van der Waals surface area contributed by atoms with Crippen LogP contribution in [0.3, 0.4) is 0 Å². The van der Waals surface area contributed by atoms with Gasteiger partial charge in [0.15, 0.2) is 12.6 Å². The van der Waals surface area contributed by atoms with Crippen molar-refractivity contribution in [1.82, 2.24) is 4.90 Å². The van der Waals surface area contributed by atoms with E-state index in [2.05, 4.69) is 141 Å². The Morgan fingerprint density at radius 3 is 1.32 bits per heavy atom. The van der Waals surface area contributed by atoms with E-state index in [1.54, 1.807) is 0 Å². The van der Waals surface area contributed by atoms with Gasteiger partial charge in [0, 0.05) is 20.3 Å². The number of benzene rings is 3. The molecule has 0 saturated carbocycles. The molecule has 0 heterocycles. The summed E-state index contributed by atoms with van der Waals surface area (Å²) in [6.07, 6.45) is 4.56. The van der Waals surface area contributed by atoms with Gasteiger partial charge in [0.2, 0.25) is 6.21 Å². The fourth-order valence-electron chi connectivity index (χ4n) is 3.58. The van der Waals surface area contributed by atoms with Gasteiger partial charge in [-0.05, 0) is 36.4 Å². The molecule has 142 valence electrons. The molecule has 3 aromatic rings. The Kier molecular flexibility index (Phi) is 6.44. The Morgan fingerprint density at radius 1 is 0.679 bits per heavy atom. The highest BCUT2D eigenvalue weighted by molar-refractivity contribution is 7.99. The van der Waals surface area contributed by atoms with Crippen LogP contribution in [0.15, 0.2) is 103 Å². The van der Waals surface area contributed by atoms with E-state index < -0.39 is 7.26 Å². The van der Waals surface area contributed by atoms with E-state index in [1.807, 2.05) is 0 Å². The second-order valence-corrected chi connectivity index (χ2v) is 10.7. The van der Waals surface area contributed by atoms with Gasteiger partial charge < -0.3 is 4.90 Å². The highest BCUT2D eigenvalue weighted by Crippen LogP contribution is 2.61. The molecule has 0 fully saturated rings. The van der Waals surface area contributed by atoms with Crippen molar-refractivity contribution in [2.45, 2.75) is 0 Å². The van der Waals surface area contributed by atoms with Gasteiger partial charge >= 0.3 is 0 Å². The van der Waals surface area contributed by atoms with Crippen LogP contribution in [0.2, 0.25) is 0 Å². The fraction of sp³-hybridized carbons (Fsp3) is 0.160. The first-order valence-corrected chi connectivity index (χ1v) is 11.3. The van der Waals surface area contributed by atoms with Gasteiger partial charge in [-0.25, -0.2) is 4.58 Å². The van der Waals surface area contributed by atoms with Crippen LogP contribution in [0.5, 0.6) is 0 Å². The summed E-state index contributed by atoms with van der Waals surface area (Å²) >= 11 is 0. The minimum absolute atomic E-state index is 1.33. The molecule has 3 heteroatoms. The summed E-state index contributed by atoms with van der Waals surface area (Å²) in [4.78, 5) is 2.15. The minimum Gasteiger partial charge on any atom is -0.380 e. The minimum atomic E-state index is -2.05. The zero-order valence-electron chi connectivity index (χ0n) is 17.2. The zero-order valence-corrected chi connectivity index (χ0v) is 18.1. The smallest absolute Gasteiger partial charge is 0.208 e. The predicted octanol–water partition coefficient (Wildman–Crippen LogP) is 3.73. The summed E-state index contributed by atoms with van der Waals surface area (Å²) in [5, 5.41) is 5.40. The maximum atomic E-state index is 2.28. The lowest BCUT2D eigenvalue weighted by Crippen LogP contribution is -2.34. The van der Waals surface area contributed by atoms with Crippen molar-refractivity contribution in [2.24, 2.45) is 0 Å². The largest absolute Gasteiger partial charge is 0.380 e. The molecule has 3 rings (SSSR count). The first kappa shape index (κ1) is 20.0. The van der Waals surface area contributed by atoms with E-state index in [0.717, 1.165) is 0 Å². The standard InChI is InChI=1S/C25H29N2P/c1-26(2)20-25(21-27(3)4)28(22-14-8-5-9-15-22,23-16-10-6-11-17-23)24-18-12-7-13-19-24/h5-21H,1-4H3/q+2. The van der Waals surface area contributed by atoms with Crippen molar-refractivity contribution >= 4 is 29.4 Å². The molecule has 0 unspecified atom stereocenters. The first-order chi connectivity index (χ1) is 13.5. The summed E-state index contributed by atoms with van der Waals surface area (Å²) < 4.78 is 2.15. The van der Waals surface area contributed by atoms with E-state index >= 15 is 0 Å². The van der Waals surface area contributed by atoms with Crippen molar-refractivity contribution < 1.29 is 4.58 Å². The average Bonchev–Trinajstić information content (AvgIpc) is 2.70. The molecule has 0 amide bonds. The monoisotopic (exact) mass is 388 g/mol. The van der Waals surface area contributed by atoms with Gasteiger partial charge in [-0.2, -0.15) is 0 Å². The Bertz CT molecular complexity index is 845. The van der Waals surface area contributed by atoms with Crippen LogP contribution >= 0.6 is 7.26 Å². The third-order valence-electron chi connectivity index (χ3n) is 4.60. The molecule has 0 N–H and O–H groups in total. The van der Waals surface area contributed by atoms with E-state index in [0.29, 0.717) is 0 Å². The molecule has 0 aliphatic heterocycles. The Labute approximate surface area is 169 Å². The molecule has 0 aliphatic rings. The van der Waals surface area contributed by atoms with Crippen molar-refractivity contribution in [3.05, 3.63) is 103 Å². The van der Waals surface area contributed by atoms with Gasteiger partial charge in [0.05, 0.1) is 0 Å². The molecule has 0 radical (unpaired) electrons. The normalized spacial score (nSPS) is 11.8. The second kappa shape index (κ2) is 8.99. The quantitative estimate of drug-likeness (QED) is 0.354. The van der Waals surface area contributed by atoms with Gasteiger partial charge in [-0.1, -0.05) is 54.6 Å². The number of hydrogen-bond acceptors (Lipinski definition) is 1. The van der Waals surface area contributed by atoms with E-state index in [-0.39, 0.29) is 0 Å². The first-order valence-electron chi connectivity index (χ1n) is 9.51. The predicted molar refractivity (Wildman–Crippen MR) is 125 cm³/mol. The van der Waals surface area contributed by atoms with E-state index in [9.17, 15) is 0 Å². The van der Waals surface area contributed by atoms with E-state index in [1.165, 1.54) is 21.2 Å². The summed E-state index contributed by atoms with van der Waals surface area (Å²) in [6, 6.07) is 32.9. The maximum absolute atomic E-state index is 2.28. The van der Waals surface area contributed by atoms with Gasteiger partial charge in [0.25, 0.3) is 0 Å². The molecular formula is C25H29N2P+2. The molecule has 2 nitrogen and oxygen atoms in total. The molecule has 0 atom stereocenters. The molecule has 0 saturated heterocycles. The van der Waals surface area contributed by atoms with Crippen LogP contribution in [-0.4, -0.2) is 43.9 Å². The highest BCUT2D eigenvalue weighted by atomic mass is 31.2. The fourth-order valence-corrected chi connectivity index (χ4v) is 8.04. The number of allylic oxidation sites excluding steroid dienone is 1. The summed E-state index contributed by atoms with van der Waals surface area (Å²) in [5.74, 6) is 0. The van der Waals surface area contributed by atoms with Crippen LogP contribution < -0.4 is 15.9 Å². The lowest BCUT2D eigenvalue weighted by molar-refractivity contribution is -0.458. The molecule has 0 bridgehead atoms. The van der Waals surface area contributed by atoms with Gasteiger partial charge in [-0.3, -0.25) is 0 Å². The summed E-state index contributed by atoms with van der Waals surface area (Å²) in [6.45, 7) is 0. The van der Waals surface area contributed by atoms with Crippen molar-refractivity contribution in [1.29, 1.82) is 0 Å². The topological polar surface area (TPSA) is 6.25 Å². The van der Waals surface area contributed by atoms with Crippen molar-refractivity contribution in [2.75, 3.05) is 28.2 Å². The Hall–Kier alpha value is -2.70. The van der Waals surface area contributed by atoms with Crippen LogP contribution in [0.4, 0.5) is 0 Å². The van der Waals surface area contributed by atoms with Crippen molar-refractivity contribution in [3.8, 4) is 0 Å². The van der Waals surface area contributed by atoms with Crippen LogP contribution in [0.1, 0.15) is 0 Å². The number of hydrogen-bond donors (Lipinski definition) is 0. The molecule has 3 aromatic carbocycles. The zero-order chi connectivity index (χ0) is 20.0. The molecule has 0 aromatic heterocycles. The number of nitrogens with zero attached hydrogens (tertiary/aromatic N) is 2. The lowest BCUT2D eigenvalue weighted by Gasteiger charge is -2.27. The Morgan fingerprint density at radius 2 is 1.04 bits per heavy atom. The SMILES string of the molecule is CN(C)/C=C(/C=[N+](C)C)[P+](c1ccccc1)(c1ccccc1)c1ccccc1. The van der Waals surface area contributed by atoms with Crippen LogP contribution in [-0.2, 0) is 0 Å². The molecular weight excluding hydrogens is 359 g/mol. The third-order valence-corrected chi connectivity index (χ3v) is 8.82. The average molecular weight is 388 g/mol. The second-order valence-electron chi connectivity index (χ2n) is 7.29. The third kappa shape index (κ3) is 4.08. The highest BCUT2D eigenvalue weighted by Gasteiger charge is 2.50. The Balaban J connectivity index is 2.49. The van der Waals surface area contributed by atoms with Crippen LogP contribution in [0.25, 0.3) is 0 Å². The molecule has 0 spiro atoms. The summed E-state index contributed by atoms with van der Waals surface area (Å²) in [5.41, 5.74) is 0. The molecule has 28 heavy (non-hydrogen) atoms. The van der Waals surface area contributed by atoms with Gasteiger partial charge in [0.1, 0.15) is 30.0 Å². The van der Waals surface area contributed by atoms with Crippen molar-refractivity contribution in [3.63, 3.8) is 0 Å². The van der Waals surface area contributed by atoms with E-state index in [4.69, 9.17) is 0 Å². The maximum Gasteiger partial charge on any atom is 0.208 e. The lowest BCUT2D eigenvalue weighted by atomic mass is 10.3.